The highest BCUT2D eigenvalue weighted by Gasteiger charge is 1.95. The molecule has 3 heterocycles. The van der Waals surface area contributed by atoms with Crippen LogP contribution in [-0.2, 0) is 0 Å². The molecule has 0 radical (unpaired) electrons. The molecule has 0 unspecified atom stereocenters. The van der Waals surface area contributed by atoms with E-state index >= 15 is 0 Å². The molecule has 252 valence electrons. The van der Waals surface area contributed by atoms with Crippen LogP contribution in [0.15, 0.2) is 0 Å². The Labute approximate surface area is 259 Å². The second-order valence-electron chi connectivity index (χ2n) is 11.1. The van der Waals surface area contributed by atoms with Gasteiger partial charge in [-0.15, -0.1) is 0 Å². The smallest absolute Gasteiger partial charge is 0.00772 e. The maximum Gasteiger partial charge on any atom is 0.00772 e. The van der Waals surface area contributed by atoms with Crippen LogP contribution in [0.5, 0.6) is 0 Å². The van der Waals surface area contributed by atoms with E-state index in [-0.39, 0.29) is 0 Å². The number of hydrogen-bond donors (Lipinski definition) is 12. The van der Waals surface area contributed by atoms with Gasteiger partial charge in [0.2, 0.25) is 0 Å². The van der Waals surface area contributed by atoms with Crippen molar-refractivity contribution in [3.8, 4) is 0 Å². The molecule has 0 aromatic carbocycles. The summed E-state index contributed by atoms with van der Waals surface area (Å²) in [6.45, 7) is 26.6. The lowest BCUT2D eigenvalue weighted by atomic mass is 10.3. The largest absolute Gasteiger partial charge is 0.317 e. The van der Waals surface area contributed by atoms with Gasteiger partial charge in [0.05, 0.1) is 0 Å². The molecule has 3 aliphatic heterocycles. The van der Waals surface area contributed by atoms with Crippen molar-refractivity contribution in [1.82, 2.24) is 63.8 Å². The quantitative estimate of drug-likeness (QED) is 0.142. The van der Waals surface area contributed by atoms with Gasteiger partial charge in [-0.1, -0.05) is 0 Å². The molecule has 0 saturated carbocycles. The molecule has 3 saturated heterocycles. The van der Waals surface area contributed by atoms with Gasteiger partial charge in [0.25, 0.3) is 0 Å². The molecule has 0 spiro atoms. The van der Waals surface area contributed by atoms with Crippen LogP contribution >= 0.6 is 0 Å². The summed E-state index contributed by atoms with van der Waals surface area (Å²) < 4.78 is 0. The maximum atomic E-state index is 3.46. The van der Waals surface area contributed by atoms with E-state index in [9.17, 15) is 0 Å². The molecule has 0 aromatic rings. The van der Waals surface area contributed by atoms with Crippen molar-refractivity contribution in [2.24, 2.45) is 0 Å². The predicted molar refractivity (Wildman–Crippen MR) is 182 cm³/mol. The molecule has 0 aliphatic carbocycles. The SMILES string of the molecule is C1CNCCCNCCNCCCNC1.C1CNCCNCCCNCCNC1.C1CNCCNCCNCCNC1. The number of rotatable bonds is 0. The Balaban J connectivity index is 0.000000316. The van der Waals surface area contributed by atoms with E-state index < -0.39 is 0 Å². The van der Waals surface area contributed by atoms with Gasteiger partial charge in [-0.05, 0) is 117 Å². The second kappa shape index (κ2) is 36.7. The van der Waals surface area contributed by atoms with Gasteiger partial charge >= 0.3 is 0 Å². The maximum absolute atomic E-state index is 3.46. The first-order chi connectivity index (χ1) is 21.0. The molecule has 0 amide bonds. The molecule has 0 atom stereocenters. The van der Waals surface area contributed by atoms with Crippen LogP contribution < -0.4 is 63.8 Å². The molecular weight excluding hydrogens is 528 g/mol. The summed E-state index contributed by atoms with van der Waals surface area (Å²) in [6.07, 6.45) is 7.36. The van der Waals surface area contributed by atoms with Crippen LogP contribution in [0.3, 0.4) is 0 Å². The summed E-state index contributed by atoms with van der Waals surface area (Å²) in [5.41, 5.74) is 0. The van der Waals surface area contributed by atoms with Crippen LogP contribution in [0.2, 0.25) is 0 Å². The zero-order valence-corrected chi connectivity index (χ0v) is 27.2. The van der Waals surface area contributed by atoms with Crippen molar-refractivity contribution in [2.75, 3.05) is 157 Å². The fourth-order valence-electron chi connectivity index (χ4n) is 4.59. The van der Waals surface area contributed by atoms with Crippen molar-refractivity contribution in [2.45, 2.75) is 38.5 Å². The highest BCUT2D eigenvalue weighted by molar-refractivity contribution is 4.61. The van der Waals surface area contributed by atoms with Crippen molar-refractivity contribution >= 4 is 0 Å². The summed E-state index contributed by atoms with van der Waals surface area (Å²) in [7, 11) is 0. The zero-order chi connectivity index (χ0) is 29.7. The topological polar surface area (TPSA) is 144 Å². The summed E-state index contributed by atoms with van der Waals surface area (Å²) in [5, 5.41) is 41.0. The average molecular weight is 601 g/mol. The van der Waals surface area contributed by atoms with E-state index in [4.69, 9.17) is 0 Å². The fourth-order valence-corrected chi connectivity index (χ4v) is 4.59. The van der Waals surface area contributed by atoms with Crippen LogP contribution in [0.4, 0.5) is 0 Å². The first kappa shape index (κ1) is 39.5. The van der Waals surface area contributed by atoms with Gasteiger partial charge in [0.1, 0.15) is 0 Å². The van der Waals surface area contributed by atoms with Crippen LogP contribution in [-0.4, -0.2) is 157 Å². The standard InChI is InChI=1S/C11H26N4.C10H24N4.C9H22N4/c1-4-12-6-2-8-14-10-11-15-9-3-7-13-5-1;1-3-11-7-9-13-5-2-6-14-10-8-12-4-1;1-2-10-4-6-12-8-9-13-7-5-11-3-1/h12-15H,1-11H2;11-14H,1-10H2;10-13H,1-9H2. The van der Waals surface area contributed by atoms with Crippen molar-refractivity contribution in [3.05, 3.63) is 0 Å². The van der Waals surface area contributed by atoms with E-state index in [0.717, 1.165) is 157 Å². The van der Waals surface area contributed by atoms with E-state index in [0.29, 0.717) is 0 Å². The Bertz CT molecular complexity index is 329. The molecule has 0 aromatic heterocycles. The van der Waals surface area contributed by atoms with Crippen molar-refractivity contribution < 1.29 is 0 Å². The van der Waals surface area contributed by atoms with Gasteiger partial charge in [0, 0.05) is 78.5 Å². The Kier molecular flexibility index (Phi) is 34.6. The lowest BCUT2D eigenvalue weighted by Crippen LogP contribution is -2.34. The second-order valence-corrected chi connectivity index (χ2v) is 11.1. The van der Waals surface area contributed by atoms with E-state index in [1.54, 1.807) is 0 Å². The summed E-state index contributed by atoms with van der Waals surface area (Å²) in [6, 6.07) is 0. The monoisotopic (exact) mass is 601 g/mol. The predicted octanol–water partition coefficient (Wildman–Crippen LogP) is -2.58. The molecule has 12 nitrogen and oxygen atoms in total. The van der Waals surface area contributed by atoms with Crippen LogP contribution in [0, 0.1) is 0 Å². The van der Waals surface area contributed by atoms with Gasteiger partial charge in [-0.2, -0.15) is 0 Å². The Morgan fingerprint density at radius 1 is 0.119 bits per heavy atom. The Morgan fingerprint density at radius 2 is 0.214 bits per heavy atom. The molecule has 3 aliphatic rings. The minimum Gasteiger partial charge on any atom is -0.317 e. The minimum atomic E-state index is 1.07. The lowest BCUT2D eigenvalue weighted by molar-refractivity contribution is 0.530. The first-order valence-electron chi connectivity index (χ1n) is 17.5. The normalized spacial score (nSPS) is 24.0. The lowest BCUT2D eigenvalue weighted by Gasteiger charge is -2.10. The molecule has 42 heavy (non-hydrogen) atoms. The van der Waals surface area contributed by atoms with Crippen molar-refractivity contribution in [1.29, 1.82) is 0 Å². The summed E-state index contributed by atoms with van der Waals surface area (Å²) in [4.78, 5) is 0. The average Bonchev–Trinajstić information content (AvgIpc) is 3.03. The van der Waals surface area contributed by atoms with E-state index in [1.165, 1.54) is 38.5 Å². The van der Waals surface area contributed by atoms with Crippen molar-refractivity contribution in [3.63, 3.8) is 0 Å². The number of nitrogens with one attached hydrogen (secondary N) is 12. The molecule has 12 N–H and O–H groups in total. The van der Waals surface area contributed by atoms with Gasteiger partial charge in [-0.3, -0.25) is 0 Å². The third kappa shape index (κ3) is 34.0. The summed E-state index contributed by atoms with van der Waals surface area (Å²) in [5.74, 6) is 0. The minimum absolute atomic E-state index is 1.07. The van der Waals surface area contributed by atoms with E-state index in [2.05, 4.69) is 63.8 Å². The van der Waals surface area contributed by atoms with Gasteiger partial charge in [0.15, 0.2) is 0 Å². The third-order valence-electron chi connectivity index (χ3n) is 7.11. The Morgan fingerprint density at radius 3 is 0.357 bits per heavy atom. The van der Waals surface area contributed by atoms with Crippen LogP contribution in [0.1, 0.15) is 38.5 Å². The first-order valence-corrected chi connectivity index (χ1v) is 17.5. The third-order valence-corrected chi connectivity index (χ3v) is 7.11. The van der Waals surface area contributed by atoms with Gasteiger partial charge < -0.3 is 63.8 Å². The van der Waals surface area contributed by atoms with Gasteiger partial charge in [-0.25, -0.2) is 0 Å². The highest BCUT2D eigenvalue weighted by atomic mass is 15.0. The molecule has 3 fully saturated rings. The molecular formula is C30H72N12. The van der Waals surface area contributed by atoms with E-state index in [1.807, 2.05) is 0 Å². The highest BCUT2D eigenvalue weighted by Crippen LogP contribution is 1.80. The molecule has 0 bridgehead atoms. The molecule has 12 heteroatoms. The fraction of sp³-hybridized carbons (Fsp3) is 1.00. The summed E-state index contributed by atoms with van der Waals surface area (Å²) >= 11 is 0. The zero-order valence-electron chi connectivity index (χ0n) is 27.2. The van der Waals surface area contributed by atoms with Crippen LogP contribution in [0.25, 0.3) is 0 Å². The molecule has 3 rings (SSSR count). The Hall–Kier alpha value is -0.480. The number of hydrogen-bond acceptors (Lipinski definition) is 12.